The van der Waals surface area contributed by atoms with E-state index in [9.17, 15) is 18.0 Å². The number of carbonyl (C=O) groups is 1. The highest BCUT2D eigenvalue weighted by atomic mass is 19.4. The lowest BCUT2D eigenvalue weighted by molar-refractivity contribution is -0.137. The molecule has 8 heteroatoms. The molecule has 1 aromatic heterocycles. The number of likely N-dealkylation sites (tertiary alicyclic amines) is 1. The van der Waals surface area contributed by atoms with Crippen molar-refractivity contribution in [2.24, 2.45) is 0 Å². The number of rotatable bonds is 5. The van der Waals surface area contributed by atoms with Crippen LogP contribution in [0.1, 0.15) is 41.8 Å². The summed E-state index contributed by atoms with van der Waals surface area (Å²) < 4.78 is 43.5. The Labute approximate surface area is 171 Å². The number of alkyl halides is 3. The number of benzene rings is 2. The number of aromatic nitrogens is 2. The highest BCUT2D eigenvalue weighted by Crippen LogP contribution is 2.31. The molecular formula is C22H20F3N3O2. The van der Waals surface area contributed by atoms with Gasteiger partial charge in [0.1, 0.15) is 0 Å². The van der Waals surface area contributed by atoms with Crippen LogP contribution in [0.4, 0.5) is 13.2 Å². The molecule has 5 nitrogen and oxygen atoms in total. The van der Waals surface area contributed by atoms with Gasteiger partial charge in [-0.3, -0.25) is 4.79 Å². The van der Waals surface area contributed by atoms with Crippen molar-refractivity contribution in [3.05, 3.63) is 71.0 Å². The Morgan fingerprint density at radius 2 is 1.73 bits per heavy atom. The highest BCUT2D eigenvalue weighted by molar-refractivity contribution is 5.79. The Hall–Kier alpha value is -3.16. The smallest absolute Gasteiger partial charge is 0.338 e. The third-order valence-electron chi connectivity index (χ3n) is 5.29. The molecule has 0 N–H and O–H groups in total. The van der Waals surface area contributed by atoms with Crippen molar-refractivity contribution in [1.29, 1.82) is 0 Å². The van der Waals surface area contributed by atoms with Gasteiger partial charge in [-0.1, -0.05) is 36.3 Å². The third-order valence-corrected chi connectivity index (χ3v) is 5.29. The van der Waals surface area contributed by atoms with E-state index < -0.39 is 11.7 Å². The van der Waals surface area contributed by atoms with Gasteiger partial charge in [0.25, 0.3) is 5.89 Å². The molecule has 1 aliphatic rings. The first-order valence-corrected chi connectivity index (χ1v) is 9.70. The standard InChI is InChI=1S/C22H20F3N3O2/c1-2-14-3-7-16(8-4-14)21-26-20(27-30-21)17-11-19(29)28(13-17)12-15-5-9-18(10-6-15)22(23,24)25/h3-10,17H,2,11-13H2,1H3. The van der Waals surface area contributed by atoms with Gasteiger partial charge in [-0.05, 0) is 41.8 Å². The van der Waals surface area contributed by atoms with Crippen molar-refractivity contribution < 1.29 is 22.5 Å². The van der Waals surface area contributed by atoms with Crippen LogP contribution in [0.2, 0.25) is 0 Å². The summed E-state index contributed by atoms with van der Waals surface area (Å²) in [5, 5.41) is 4.04. The minimum absolute atomic E-state index is 0.0847. The maximum Gasteiger partial charge on any atom is 0.416 e. The fourth-order valence-electron chi connectivity index (χ4n) is 3.52. The van der Waals surface area contributed by atoms with Crippen molar-refractivity contribution in [1.82, 2.24) is 15.0 Å². The predicted molar refractivity (Wildman–Crippen MR) is 103 cm³/mol. The second-order valence-electron chi connectivity index (χ2n) is 7.38. The summed E-state index contributed by atoms with van der Waals surface area (Å²) in [6, 6.07) is 12.7. The van der Waals surface area contributed by atoms with E-state index in [1.807, 2.05) is 24.3 Å². The van der Waals surface area contributed by atoms with Crippen LogP contribution in [0.25, 0.3) is 11.5 Å². The van der Waals surface area contributed by atoms with Gasteiger partial charge >= 0.3 is 6.18 Å². The Kier molecular flexibility index (Phi) is 5.32. The molecular weight excluding hydrogens is 395 g/mol. The number of nitrogens with zero attached hydrogens (tertiary/aromatic N) is 3. The fourth-order valence-corrected chi connectivity index (χ4v) is 3.52. The Bertz CT molecular complexity index is 1030. The summed E-state index contributed by atoms with van der Waals surface area (Å²) in [5.41, 5.74) is 1.96. The normalized spacial score (nSPS) is 17.0. The van der Waals surface area contributed by atoms with E-state index in [0.717, 1.165) is 24.1 Å². The molecule has 0 spiro atoms. The van der Waals surface area contributed by atoms with Gasteiger partial charge in [0.2, 0.25) is 5.91 Å². The molecule has 1 amide bonds. The zero-order chi connectivity index (χ0) is 21.3. The summed E-state index contributed by atoms with van der Waals surface area (Å²) in [7, 11) is 0. The number of carbonyl (C=O) groups excluding carboxylic acids is 1. The second kappa shape index (κ2) is 7.93. The molecule has 3 aromatic rings. The monoisotopic (exact) mass is 415 g/mol. The summed E-state index contributed by atoms with van der Waals surface area (Å²) in [4.78, 5) is 18.5. The molecule has 1 fully saturated rings. The van der Waals surface area contributed by atoms with Gasteiger partial charge in [0.05, 0.1) is 5.56 Å². The van der Waals surface area contributed by atoms with E-state index >= 15 is 0 Å². The Morgan fingerprint density at radius 1 is 1.07 bits per heavy atom. The minimum Gasteiger partial charge on any atom is -0.338 e. The van der Waals surface area contributed by atoms with Gasteiger partial charge in [-0.15, -0.1) is 0 Å². The van der Waals surface area contributed by atoms with E-state index in [1.54, 1.807) is 4.90 Å². The number of halogens is 3. The van der Waals surface area contributed by atoms with Crippen LogP contribution < -0.4 is 0 Å². The lowest BCUT2D eigenvalue weighted by Gasteiger charge is -2.16. The minimum atomic E-state index is -4.37. The Balaban J connectivity index is 1.43. The van der Waals surface area contributed by atoms with Gasteiger partial charge in [0, 0.05) is 31.0 Å². The number of hydrogen-bond donors (Lipinski definition) is 0. The first-order valence-electron chi connectivity index (χ1n) is 9.70. The topological polar surface area (TPSA) is 59.2 Å². The van der Waals surface area contributed by atoms with E-state index in [0.29, 0.717) is 23.8 Å². The van der Waals surface area contributed by atoms with Crippen LogP contribution >= 0.6 is 0 Å². The first kappa shape index (κ1) is 20.1. The highest BCUT2D eigenvalue weighted by Gasteiger charge is 2.34. The zero-order valence-electron chi connectivity index (χ0n) is 16.3. The van der Waals surface area contributed by atoms with Crippen LogP contribution in [0.3, 0.4) is 0 Å². The SMILES string of the molecule is CCc1ccc(-c2nc(C3CC(=O)N(Cc4ccc(C(F)(F)F)cc4)C3)no2)cc1. The molecule has 156 valence electrons. The molecule has 30 heavy (non-hydrogen) atoms. The lowest BCUT2D eigenvalue weighted by atomic mass is 10.1. The van der Waals surface area contributed by atoms with Crippen molar-refractivity contribution in [2.45, 2.75) is 38.4 Å². The van der Waals surface area contributed by atoms with E-state index in [1.165, 1.54) is 17.7 Å². The average Bonchev–Trinajstić information content (AvgIpc) is 3.35. The zero-order valence-corrected chi connectivity index (χ0v) is 16.3. The van der Waals surface area contributed by atoms with E-state index in [-0.39, 0.29) is 24.8 Å². The van der Waals surface area contributed by atoms with Gasteiger partial charge < -0.3 is 9.42 Å². The summed E-state index contributed by atoms with van der Waals surface area (Å²) in [6.07, 6.45) is -3.19. The Morgan fingerprint density at radius 3 is 2.37 bits per heavy atom. The summed E-state index contributed by atoms with van der Waals surface area (Å²) in [6.45, 7) is 2.72. The molecule has 0 saturated carbocycles. The van der Waals surface area contributed by atoms with Gasteiger partial charge in [0.15, 0.2) is 5.82 Å². The maximum absolute atomic E-state index is 12.7. The molecule has 1 unspecified atom stereocenters. The third kappa shape index (κ3) is 4.22. The molecule has 1 atom stereocenters. The molecule has 0 bridgehead atoms. The van der Waals surface area contributed by atoms with E-state index in [2.05, 4.69) is 17.1 Å². The summed E-state index contributed by atoms with van der Waals surface area (Å²) in [5.74, 6) is 0.576. The number of hydrogen-bond acceptors (Lipinski definition) is 4. The molecule has 0 aliphatic carbocycles. The van der Waals surface area contributed by atoms with Crippen molar-refractivity contribution in [3.63, 3.8) is 0 Å². The molecule has 1 saturated heterocycles. The largest absolute Gasteiger partial charge is 0.416 e. The van der Waals surface area contributed by atoms with Crippen LogP contribution in [0, 0.1) is 0 Å². The molecule has 1 aliphatic heterocycles. The van der Waals surface area contributed by atoms with Crippen molar-refractivity contribution in [3.8, 4) is 11.5 Å². The first-order chi connectivity index (χ1) is 14.3. The second-order valence-corrected chi connectivity index (χ2v) is 7.38. The van der Waals surface area contributed by atoms with Gasteiger partial charge in [-0.2, -0.15) is 18.2 Å². The molecule has 0 radical (unpaired) electrons. The quantitative estimate of drug-likeness (QED) is 0.599. The summed E-state index contributed by atoms with van der Waals surface area (Å²) >= 11 is 0. The van der Waals surface area contributed by atoms with E-state index in [4.69, 9.17) is 4.52 Å². The van der Waals surface area contributed by atoms with Crippen LogP contribution in [0.5, 0.6) is 0 Å². The van der Waals surface area contributed by atoms with Crippen molar-refractivity contribution >= 4 is 5.91 Å². The van der Waals surface area contributed by atoms with Crippen LogP contribution in [0.15, 0.2) is 53.1 Å². The molecule has 2 heterocycles. The lowest BCUT2D eigenvalue weighted by Crippen LogP contribution is -2.24. The number of amides is 1. The van der Waals surface area contributed by atoms with Crippen LogP contribution in [-0.4, -0.2) is 27.5 Å². The van der Waals surface area contributed by atoms with Crippen LogP contribution in [-0.2, 0) is 23.9 Å². The molecule has 4 rings (SSSR count). The average molecular weight is 415 g/mol. The predicted octanol–water partition coefficient (Wildman–Crippen LogP) is 4.83. The van der Waals surface area contributed by atoms with Gasteiger partial charge in [-0.25, -0.2) is 0 Å². The number of aryl methyl sites for hydroxylation is 1. The van der Waals surface area contributed by atoms with Crippen molar-refractivity contribution in [2.75, 3.05) is 6.54 Å². The fraction of sp³-hybridized carbons (Fsp3) is 0.318. The molecule has 2 aromatic carbocycles. The maximum atomic E-state index is 12.7.